The largest absolute Gasteiger partial charge is 0.459 e. The number of hydrogen-bond donors (Lipinski definition) is 0. The summed E-state index contributed by atoms with van der Waals surface area (Å²) in [6.45, 7) is 4.13. The van der Waals surface area contributed by atoms with Crippen LogP contribution in [0, 0.1) is 0 Å². The first-order valence-electron chi connectivity index (χ1n) is 12.5. The van der Waals surface area contributed by atoms with Gasteiger partial charge in [0.05, 0.1) is 0 Å². The van der Waals surface area contributed by atoms with E-state index < -0.39 is 0 Å². The first-order chi connectivity index (χ1) is 16.0. The van der Waals surface area contributed by atoms with Crippen LogP contribution in [0.25, 0.3) is 6.08 Å². The fourth-order valence-corrected chi connectivity index (χ4v) is 3.73. The van der Waals surface area contributed by atoms with Crippen LogP contribution in [0.2, 0.25) is 0 Å². The molecule has 1 aliphatic rings. The van der Waals surface area contributed by atoms with Crippen LogP contribution in [0.4, 0.5) is 0 Å². The van der Waals surface area contributed by atoms with E-state index in [0.29, 0.717) is 18.4 Å². The van der Waals surface area contributed by atoms with Gasteiger partial charge in [-0.15, -0.1) is 0 Å². The Morgan fingerprint density at radius 1 is 0.848 bits per heavy atom. The van der Waals surface area contributed by atoms with Gasteiger partial charge in [0.15, 0.2) is 11.5 Å². The molecule has 1 fully saturated rings. The SMILES string of the molecule is CCCCCC(=O)Oc1ccc(/C=C/C(=O)OC2CCCCC2)cc1OC(=O)CCCCC. The van der Waals surface area contributed by atoms with Gasteiger partial charge in [-0.3, -0.25) is 9.59 Å². The first-order valence-corrected chi connectivity index (χ1v) is 12.5. The second kappa shape index (κ2) is 15.3. The van der Waals surface area contributed by atoms with Gasteiger partial charge in [0.25, 0.3) is 0 Å². The Hall–Kier alpha value is -2.63. The van der Waals surface area contributed by atoms with Gasteiger partial charge in [0.1, 0.15) is 6.10 Å². The van der Waals surface area contributed by atoms with Crippen LogP contribution >= 0.6 is 0 Å². The second-order valence-electron chi connectivity index (χ2n) is 8.60. The molecule has 1 aromatic carbocycles. The van der Waals surface area contributed by atoms with E-state index in [-0.39, 0.29) is 35.5 Å². The van der Waals surface area contributed by atoms with Gasteiger partial charge in [-0.2, -0.15) is 0 Å². The maximum atomic E-state index is 12.3. The number of hydrogen-bond acceptors (Lipinski definition) is 6. The number of carbonyl (C=O) groups excluding carboxylic acids is 3. The zero-order chi connectivity index (χ0) is 23.9. The highest BCUT2D eigenvalue weighted by Gasteiger charge is 2.17. The molecule has 0 aliphatic heterocycles. The van der Waals surface area contributed by atoms with Gasteiger partial charge in [-0.1, -0.05) is 52.0 Å². The summed E-state index contributed by atoms with van der Waals surface area (Å²) in [5, 5.41) is 0. The molecule has 1 aromatic rings. The Labute approximate surface area is 197 Å². The van der Waals surface area contributed by atoms with E-state index in [1.165, 1.54) is 12.5 Å². The summed E-state index contributed by atoms with van der Waals surface area (Å²) in [5.74, 6) is -0.715. The molecule has 0 unspecified atom stereocenters. The van der Waals surface area contributed by atoms with E-state index in [0.717, 1.165) is 64.2 Å². The summed E-state index contributed by atoms with van der Waals surface area (Å²) in [4.78, 5) is 36.6. The second-order valence-corrected chi connectivity index (χ2v) is 8.60. The van der Waals surface area contributed by atoms with Crippen molar-refractivity contribution in [3.05, 3.63) is 29.8 Å². The molecule has 0 N–H and O–H groups in total. The lowest BCUT2D eigenvalue weighted by Crippen LogP contribution is -2.19. The van der Waals surface area contributed by atoms with E-state index in [1.54, 1.807) is 24.3 Å². The lowest BCUT2D eigenvalue weighted by atomic mass is 9.98. The molecule has 2 rings (SSSR count). The Balaban J connectivity index is 2.06. The van der Waals surface area contributed by atoms with Gasteiger partial charge in [0.2, 0.25) is 0 Å². The normalized spacial score (nSPS) is 14.2. The molecule has 1 saturated carbocycles. The predicted octanol–water partition coefficient (Wildman–Crippen LogP) is 6.55. The van der Waals surface area contributed by atoms with Crippen molar-refractivity contribution in [1.82, 2.24) is 0 Å². The van der Waals surface area contributed by atoms with Gasteiger partial charge in [-0.25, -0.2) is 4.79 Å². The molecular weight excluding hydrogens is 420 g/mol. The van der Waals surface area contributed by atoms with Gasteiger partial charge < -0.3 is 14.2 Å². The number of benzene rings is 1. The minimum atomic E-state index is -0.383. The van der Waals surface area contributed by atoms with Gasteiger partial charge >= 0.3 is 17.9 Å². The number of unbranched alkanes of at least 4 members (excludes halogenated alkanes) is 4. The van der Waals surface area contributed by atoms with E-state index in [1.807, 2.05) is 0 Å². The van der Waals surface area contributed by atoms with E-state index in [4.69, 9.17) is 14.2 Å². The van der Waals surface area contributed by atoms with Crippen LogP contribution in [-0.2, 0) is 19.1 Å². The third kappa shape index (κ3) is 10.7. The van der Waals surface area contributed by atoms with Gasteiger partial charge in [-0.05, 0) is 62.3 Å². The third-order valence-corrected chi connectivity index (χ3v) is 5.63. The Morgan fingerprint density at radius 2 is 1.45 bits per heavy atom. The zero-order valence-corrected chi connectivity index (χ0v) is 20.1. The molecule has 0 bridgehead atoms. The molecule has 0 spiro atoms. The molecule has 182 valence electrons. The fraction of sp³-hybridized carbons (Fsp3) is 0.593. The molecule has 0 heterocycles. The molecule has 1 aliphatic carbocycles. The number of ether oxygens (including phenoxy) is 3. The molecule has 0 aromatic heterocycles. The van der Waals surface area contributed by atoms with Crippen molar-refractivity contribution in [3.63, 3.8) is 0 Å². The van der Waals surface area contributed by atoms with Crippen LogP contribution < -0.4 is 9.47 Å². The first kappa shape index (κ1) is 26.6. The van der Waals surface area contributed by atoms with Crippen molar-refractivity contribution < 1.29 is 28.6 Å². The lowest BCUT2D eigenvalue weighted by Gasteiger charge is -2.20. The van der Waals surface area contributed by atoms with Crippen molar-refractivity contribution in [2.24, 2.45) is 0 Å². The highest BCUT2D eigenvalue weighted by molar-refractivity contribution is 5.87. The summed E-state index contributed by atoms with van der Waals surface area (Å²) in [6, 6.07) is 4.92. The predicted molar refractivity (Wildman–Crippen MR) is 128 cm³/mol. The molecule has 6 nitrogen and oxygen atoms in total. The molecule has 0 atom stereocenters. The fourth-order valence-electron chi connectivity index (χ4n) is 3.73. The zero-order valence-electron chi connectivity index (χ0n) is 20.1. The highest BCUT2D eigenvalue weighted by Crippen LogP contribution is 2.30. The lowest BCUT2D eigenvalue weighted by molar-refractivity contribution is -0.144. The topological polar surface area (TPSA) is 78.9 Å². The van der Waals surface area contributed by atoms with Crippen molar-refractivity contribution in [1.29, 1.82) is 0 Å². The van der Waals surface area contributed by atoms with Crippen LogP contribution in [0.5, 0.6) is 11.5 Å². The Bertz CT molecular complexity index is 792. The highest BCUT2D eigenvalue weighted by atomic mass is 16.6. The average Bonchev–Trinajstić information content (AvgIpc) is 2.80. The monoisotopic (exact) mass is 458 g/mol. The minimum Gasteiger partial charge on any atom is -0.459 e. The quantitative estimate of drug-likeness (QED) is 0.144. The van der Waals surface area contributed by atoms with Crippen LogP contribution in [0.3, 0.4) is 0 Å². The van der Waals surface area contributed by atoms with E-state index >= 15 is 0 Å². The van der Waals surface area contributed by atoms with Crippen molar-refractivity contribution in [3.8, 4) is 11.5 Å². The maximum absolute atomic E-state index is 12.3. The van der Waals surface area contributed by atoms with Crippen molar-refractivity contribution >= 4 is 24.0 Å². The van der Waals surface area contributed by atoms with Gasteiger partial charge in [0, 0.05) is 18.9 Å². The average molecular weight is 459 g/mol. The Kier molecular flexibility index (Phi) is 12.3. The smallest absolute Gasteiger partial charge is 0.331 e. The molecule has 0 saturated heterocycles. The van der Waals surface area contributed by atoms with E-state index in [9.17, 15) is 14.4 Å². The summed E-state index contributed by atoms with van der Waals surface area (Å²) >= 11 is 0. The molecule has 6 heteroatoms. The summed E-state index contributed by atoms with van der Waals surface area (Å²) in [7, 11) is 0. The van der Waals surface area contributed by atoms with Crippen molar-refractivity contribution in [2.45, 2.75) is 103 Å². The summed E-state index contributed by atoms with van der Waals surface area (Å²) in [5.41, 5.74) is 0.651. The van der Waals surface area contributed by atoms with Crippen molar-refractivity contribution in [2.75, 3.05) is 0 Å². The summed E-state index contributed by atoms with van der Waals surface area (Å²) < 4.78 is 16.5. The van der Waals surface area contributed by atoms with Crippen LogP contribution in [-0.4, -0.2) is 24.0 Å². The standard InChI is InChI=1S/C27H38O6/c1-3-5-8-14-25(28)32-23-18-16-21(20-24(23)33-26(29)15-9-6-4-2)17-19-27(30)31-22-12-10-7-11-13-22/h16-20,22H,3-15H2,1-2H3/b19-17+. The van der Waals surface area contributed by atoms with Crippen LogP contribution in [0.15, 0.2) is 24.3 Å². The molecule has 0 radical (unpaired) electrons. The molecule has 0 amide bonds. The van der Waals surface area contributed by atoms with E-state index in [2.05, 4.69) is 13.8 Å². The number of esters is 3. The number of rotatable bonds is 13. The third-order valence-electron chi connectivity index (χ3n) is 5.63. The summed E-state index contributed by atoms with van der Waals surface area (Å²) in [6.07, 6.45) is 14.2. The minimum absolute atomic E-state index is 0.00923. The number of carbonyl (C=O) groups is 3. The van der Waals surface area contributed by atoms with Crippen LogP contribution in [0.1, 0.15) is 103 Å². The maximum Gasteiger partial charge on any atom is 0.331 e. The molecular formula is C27H38O6. The molecule has 33 heavy (non-hydrogen) atoms. The Morgan fingerprint density at radius 3 is 2.06 bits per heavy atom.